The van der Waals surface area contributed by atoms with Crippen LogP contribution in [0, 0.1) is 5.92 Å². The Labute approximate surface area is 159 Å². The molecule has 0 aromatic heterocycles. The smallest absolute Gasteiger partial charge is 0.222 e. The minimum Gasteiger partial charge on any atom is -0.378 e. The number of carbonyl (C=O) groups excluding carboxylic acids is 1. The van der Waals surface area contributed by atoms with Gasteiger partial charge in [0.1, 0.15) is 0 Å². The maximum atomic E-state index is 11.3. The maximum absolute atomic E-state index is 11.3. The average Bonchev–Trinajstić information content (AvgIpc) is 2.53. The predicted octanol–water partition coefficient (Wildman–Crippen LogP) is 1.20. The molecule has 2 N–H and O–H groups in total. The van der Waals surface area contributed by atoms with E-state index in [0.717, 1.165) is 6.54 Å². The largest absolute Gasteiger partial charge is 0.378 e. The lowest BCUT2D eigenvalue weighted by atomic mass is 10.2. The van der Waals surface area contributed by atoms with Crippen LogP contribution in [0.25, 0.3) is 0 Å². The number of carbonyl (C=O) groups is 1. The minimum atomic E-state index is 0.00937. The van der Waals surface area contributed by atoms with Gasteiger partial charge in [-0.05, 0) is 6.92 Å². The van der Waals surface area contributed by atoms with Gasteiger partial charge < -0.3 is 29.6 Å². The number of hydrogen-bond donors (Lipinski definition) is 2. The van der Waals surface area contributed by atoms with Crippen LogP contribution < -0.4 is 10.6 Å². The zero-order valence-electron chi connectivity index (χ0n) is 15.1. The molecule has 0 aromatic rings. The number of nitrogens with one attached hydrogen (secondary N) is 2. The van der Waals surface area contributed by atoms with Crippen LogP contribution in [0.1, 0.15) is 20.8 Å². The van der Waals surface area contributed by atoms with Gasteiger partial charge in [-0.3, -0.25) is 4.79 Å². The molecule has 8 heteroatoms. The van der Waals surface area contributed by atoms with E-state index < -0.39 is 0 Å². The van der Waals surface area contributed by atoms with Crippen molar-refractivity contribution in [3.63, 3.8) is 0 Å². The fraction of sp³-hybridized carbons (Fsp3) is 0.938. The number of halogens is 1. The van der Waals surface area contributed by atoms with Crippen molar-refractivity contribution < 1.29 is 23.7 Å². The van der Waals surface area contributed by atoms with Gasteiger partial charge in [0.05, 0.1) is 56.9 Å². The highest BCUT2D eigenvalue weighted by Gasteiger charge is 2.04. The standard InChI is InChI=1S/C16H33IN2O5/c1-14(2)16(20)19-5-7-22-9-11-24-13-12-23-10-8-21-6-4-18-15(3)17/h14-15,18H,4-13H2,1-3H3,(H,19,20). The Morgan fingerprint density at radius 3 is 1.62 bits per heavy atom. The molecule has 0 heterocycles. The number of rotatable bonds is 17. The number of hydrogen-bond acceptors (Lipinski definition) is 6. The molecule has 0 saturated carbocycles. The van der Waals surface area contributed by atoms with E-state index >= 15 is 0 Å². The monoisotopic (exact) mass is 460 g/mol. The Bertz CT molecular complexity index is 294. The van der Waals surface area contributed by atoms with E-state index in [9.17, 15) is 4.79 Å². The first-order valence-electron chi connectivity index (χ1n) is 8.50. The Balaban J connectivity index is 3.06. The van der Waals surface area contributed by atoms with Gasteiger partial charge >= 0.3 is 0 Å². The first kappa shape index (κ1) is 24.0. The second kappa shape index (κ2) is 17.8. The van der Waals surface area contributed by atoms with E-state index in [4.69, 9.17) is 18.9 Å². The molecule has 0 aliphatic rings. The summed E-state index contributed by atoms with van der Waals surface area (Å²) in [5, 5.41) is 6.06. The van der Waals surface area contributed by atoms with Crippen molar-refractivity contribution in [3.05, 3.63) is 0 Å². The quantitative estimate of drug-likeness (QED) is 0.147. The van der Waals surface area contributed by atoms with Gasteiger partial charge in [0.25, 0.3) is 0 Å². The van der Waals surface area contributed by atoms with E-state index in [-0.39, 0.29) is 11.8 Å². The molecule has 1 atom stereocenters. The molecule has 0 aromatic carbocycles. The van der Waals surface area contributed by atoms with E-state index in [1.165, 1.54) is 0 Å². The predicted molar refractivity (Wildman–Crippen MR) is 103 cm³/mol. The Hall–Kier alpha value is -0.000000000000000222. The summed E-state index contributed by atoms with van der Waals surface area (Å²) in [5.41, 5.74) is 0. The molecule has 0 aliphatic heterocycles. The van der Waals surface area contributed by atoms with Crippen LogP contribution in [0.5, 0.6) is 0 Å². The highest BCUT2D eigenvalue weighted by atomic mass is 127. The molecular formula is C16H33IN2O5. The number of amides is 1. The molecular weight excluding hydrogens is 427 g/mol. The van der Waals surface area contributed by atoms with Gasteiger partial charge in [0.15, 0.2) is 0 Å². The topological polar surface area (TPSA) is 78.1 Å². The third-order valence-corrected chi connectivity index (χ3v) is 3.30. The fourth-order valence-corrected chi connectivity index (χ4v) is 1.85. The van der Waals surface area contributed by atoms with Crippen molar-refractivity contribution in [1.29, 1.82) is 0 Å². The molecule has 0 radical (unpaired) electrons. The first-order chi connectivity index (χ1) is 11.5. The molecule has 24 heavy (non-hydrogen) atoms. The summed E-state index contributed by atoms with van der Waals surface area (Å²) in [5.74, 6) is 0.0573. The molecule has 1 amide bonds. The van der Waals surface area contributed by atoms with Crippen LogP contribution in [0.3, 0.4) is 0 Å². The molecule has 0 aliphatic carbocycles. The van der Waals surface area contributed by atoms with Gasteiger partial charge in [-0.15, -0.1) is 0 Å². The number of ether oxygens (including phenoxy) is 4. The van der Waals surface area contributed by atoms with Crippen molar-refractivity contribution in [2.45, 2.75) is 24.8 Å². The summed E-state index contributed by atoms with van der Waals surface area (Å²) in [6, 6.07) is 0. The third kappa shape index (κ3) is 18.3. The zero-order chi connectivity index (χ0) is 18.0. The second-order valence-corrected chi connectivity index (χ2v) is 7.33. The van der Waals surface area contributed by atoms with Crippen LogP contribution in [0.4, 0.5) is 0 Å². The Morgan fingerprint density at radius 2 is 1.21 bits per heavy atom. The van der Waals surface area contributed by atoms with Gasteiger partial charge in [-0.2, -0.15) is 0 Å². The molecule has 144 valence electrons. The van der Waals surface area contributed by atoms with E-state index in [0.29, 0.717) is 63.4 Å². The highest BCUT2D eigenvalue weighted by Crippen LogP contribution is 1.91. The van der Waals surface area contributed by atoms with E-state index in [1.807, 2.05) is 13.8 Å². The molecule has 0 bridgehead atoms. The molecule has 1 unspecified atom stereocenters. The van der Waals surface area contributed by atoms with Crippen molar-refractivity contribution in [3.8, 4) is 0 Å². The normalized spacial score (nSPS) is 12.5. The van der Waals surface area contributed by atoms with Gasteiger partial charge in [0.2, 0.25) is 5.91 Å². The highest BCUT2D eigenvalue weighted by molar-refractivity contribution is 14.1. The lowest BCUT2D eigenvalue weighted by molar-refractivity contribution is -0.124. The van der Waals surface area contributed by atoms with Gasteiger partial charge in [-0.25, -0.2) is 0 Å². The fourth-order valence-electron chi connectivity index (χ4n) is 1.54. The second-order valence-electron chi connectivity index (χ2n) is 5.47. The molecule has 0 spiro atoms. The first-order valence-corrected chi connectivity index (χ1v) is 9.74. The molecule has 0 rings (SSSR count). The summed E-state index contributed by atoms with van der Waals surface area (Å²) in [6.45, 7) is 11.7. The van der Waals surface area contributed by atoms with Crippen molar-refractivity contribution in [1.82, 2.24) is 10.6 Å². The number of alkyl halides is 1. The SMILES string of the molecule is CC(I)NCCOCCOCCOCCOCCNC(=O)C(C)C. The van der Waals surface area contributed by atoms with Gasteiger partial charge in [-0.1, -0.05) is 36.4 Å². The van der Waals surface area contributed by atoms with Crippen molar-refractivity contribution in [2.75, 3.05) is 65.9 Å². The molecule has 7 nitrogen and oxygen atoms in total. The van der Waals surface area contributed by atoms with E-state index in [1.54, 1.807) is 0 Å². The van der Waals surface area contributed by atoms with Gasteiger partial charge in [0, 0.05) is 19.0 Å². The summed E-state index contributed by atoms with van der Waals surface area (Å²) in [7, 11) is 0. The summed E-state index contributed by atoms with van der Waals surface area (Å²) < 4.78 is 22.0. The summed E-state index contributed by atoms with van der Waals surface area (Å²) in [6.07, 6.45) is 0. The van der Waals surface area contributed by atoms with Crippen LogP contribution >= 0.6 is 22.6 Å². The van der Waals surface area contributed by atoms with Crippen molar-refractivity contribution in [2.24, 2.45) is 5.92 Å². The third-order valence-electron chi connectivity index (χ3n) is 2.86. The maximum Gasteiger partial charge on any atom is 0.222 e. The van der Waals surface area contributed by atoms with Crippen LogP contribution in [0.2, 0.25) is 0 Å². The summed E-state index contributed by atoms with van der Waals surface area (Å²) in [4.78, 5) is 11.3. The van der Waals surface area contributed by atoms with Crippen LogP contribution in [0.15, 0.2) is 0 Å². The lowest BCUT2D eigenvalue weighted by Crippen LogP contribution is -2.31. The average molecular weight is 460 g/mol. The summed E-state index contributed by atoms with van der Waals surface area (Å²) >= 11 is 2.32. The zero-order valence-corrected chi connectivity index (χ0v) is 17.3. The minimum absolute atomic E-state index is 0.00937. The molecule has 0 saturated heterocycles. The van der Waals surface area contributed by atoms with Crippen molar-refractivity contribution >= 4 is 28.5 Å². The lowest BCUT2D eigenvalue weighted by Gasteiger charge is -2.09. The molecule has 0 fully saturated rings. The Morgan fingerprint density at radius 1 is 0.792 bits per heavy atom. The van der Waals surface area contributed by atoms with Crippen LogP contribution in [-0.2, 0) is 23.7 Å². The Kier molecular flexibility index (Phi) is 17.8. The van der Waals surface area contributed by atoms with Crippen LogP contribution in [-0.4, -0.2) is 75.9 Å². The van der Waals surface area contributed by atoms with E-state index in [2.05, 4.69) is 40.1 Å².